The van der Waals surface area contributed by atoms with E-state index in [1.165, 1.54) is 4.90 Å². The number of nitrogens with one attached hydrogen (secondary N) is 1. The number of hydrogen-bond donors (Lipinski definition) is 2. The van der Waals surface area contributed by atoms with E-state index in [0.29, 0.717) is 18.9 Å². The summed E-state index contributed by atoms with van der Waals surface area (Å²) in [5.74, 6) is -0.955. The van der Waals surface area contributed by atoms with Crippen molar-refractivity contribution < 1.29 is 33.5 Å². The quantitative estimate of drug-likeness (QED) is 0.350. The Bertz CT molecular complexity index is 1350. The Balaban J connectivity index is 1.64. The van der Waals surface area contributed by atoms with Crippen molar-refractivity contribution in [2.24, 2.45) is 5.41 Å². The van der Waals surface area contributed by atoms with Gasteiger partial charge in [-0.2, -0.15) is 0 Å². The number of benzene rings is 1. The predicted molar refractivity (Wildman–Crippen MR) is 165 cm³/mol. The number of likely N-dealkylation sites (tertiary alicyclic amines) is 1. The lowest BCUT2D eigenvalue weighted by molar-refractivity contribution is -0.140. The summed E-state index contributed by atoms with van der Waals surface area (Å²) in [6.45, 7) is 15.3. The van der Waals surface area contributed by atoms with Crippen molar-refractivity contribution in [3.8, 4) is 5.88 Å². The molecule has 232 valence electrons. The van der Waals surface area contributed by atoms with Crippen molar-refractivity contribution in [2.45, 2.75) is 96.8 Å². The van der Waals surface area contributed by atoms with Gasteiger partial charge in [0.2, 0.25) is 11.8 Å². The summed E-state index contributed by atoms with van der Waals surface area (Å²) in [7, 11) is -1.15. The number of amides is 2. The SMILES string of the molecule is C=C(C(=O)C1CC(Oc2nccc3ccccc23)CN1C(=O)C(NC(=O)OC(C)(C)C)C(C)(C)C)C1CCCCOB1O. The Kier molecular flexibility index (Phi) is 9.86. The van der Waals surface area contributed by atoms with E-state index < -0.39 is 54.1 Å². The van der Waals surface area contributed by atoms with E-state index in [0.717, 1.165) is 23.6 Å². The molecule has 4 unspecified atom stereocenters. The number of alkyl carbamates (subject to hydrolysis) is 1. The molecule has 0 spiro atoms. The first-order valence-electron chi connectivity index (χ1n) is 15.0. The molecule has 2 N–H and O–H groups in total. The second kappa shape index (κ2) is 13.1. The monoisotopic (exact) mass is 593 g/mol. The van der Waals surface area contributed by atoms with Crippen LogP contribution in [0.3, 0.4) is 0 Å². The van der Waals surface area contributed by atoms with Crippen molar-refractivity contribution in [3.63, 3.8) is 0 Å². The Morgan fingerprint density at radius 1 is 1.14 bits per heavy atom. The van der Waals surface area contributed by atoms with Crippen molar-refractivity contribution in [1.29, 1.82) is 0 Å². The molecule has 2 fully saturated rings. The number of fused-ring (bicyclic) bond motifs is 1. The maximum atomic E-state index is 14.3. The number of ketones is 1. The average Bonchev–Trinajstić information content (AvgIpc) is 3.22. The fraction of sp³-hybridized carbons (Fsp3) is 0.562. The maximum Gasteiger partial charge on any atom is 0.462 e. The minimum Gasteiger partial charge on any atom is -0.472 e. The number of pyridine rings is 1. The number of Topliss-reactive ketones (excluding diaryl/α,β-unsaturated/α-hetero) is 1. The Morgan fingerprint density at radius 3 is 2.56 bits per heavy atom. The zero-order valence-corrected chi connectivity index (χ0v) is 26.1. The molecule has 4 atom stereocenters. The molecule has 0 bridgehead atoms. The fourth-order valence-corrected chi connectivity index (χ4v) is 5.63. The highest BCUT2D eigenvalue weighted by Crippen LogP contribution is 2.35. The van der Waals surface area contributed by atoms with E-state index in [4.69, 9.17) is 14.1 Å². The topological polar surface area (TPSA) is 127 Å². The van der Waals surface area contributed by atoms with E-state index in [9.17, 15) is 19.4 Å². The number of aromatic nitrogens is 1. The van der Waals surface area contributed by atoms with Gasteiger partial charge in [0.15, 0.2) is 5.78 Å². The maximum absolute atomic E-state index is 14.3. The third-order valence-electron chi connectivity index (χ3n) is 7.84. The van der Waals surface area contributed by atoms with Gasteiger partial charge in [0.05, 0.1) is 12.6 Å². The number of rotatable bonds is 7. The molecule has 1 aromatic heterocycles. The molecule has 3 heterocycles. The highest BCUT2D eigenvalue weighted by Gasteiger charge is 2.48. The van der Waals surface area contributed by atoms with Gasteiger partial charge in [0.1, 0.15) is 17.7 Å². The molecule has 2 aliphatic heterocycles. The first-order valence-corrected chi connectivity index (χ1v) is 15.0. The van der Waals surface area contributed by atoms with E-state index >= 15 is 0 Å². The van der Waals surface area contributed by atoms with E-state index in [-0.39, 0.29) is 24.3 Å². The molecule has 0 aliphatic carbocycles. The summed E-state index contributed by atoms with van der Waals surface area (Å²) < 4.78 is 17.3. The fourth-order valence-electron chi connectivity index (χ4n) is 5.63. The second-order valence-corrected chi connectivity index (χ2v) is 13.5. The van der Waals surface area contributed by atoms with Gasteiger partial charge in [-0.05, 0) is 62.1 Å². The van der Waals surface area contributed by atoms with Crippen LogP contribution < -0.4 is 10.1 Å². The van der Waals surface area contributed by atoms with Crippen LogP contribution in [-0.2, 0) is 19.0 Å². The number of carbonyl (C=O) groups is 3. The summed E-state index contributed by atoms with van der Waals surface area (Å²) in [5, 5.41) is 15.1. The number of ether oxygens (including phenoxy) is 2. The van der Waals surface area contributed by atoms with Gasteiger partial charge < -0.3 is 29.4 Å². The molecule has 0 saturated carbocycles. The van der Waals surface area contributed by atoms with Gasteiger partial charge in [-0.15, -0.1) is 0 Å². The van der Waals surface area contributed by atoms with Gasteiger partial charge >= 0.3 is 13.2 Å². The number of nitrogens with zero attached hydrogens (tertiary/aromatic N) is 2. The van der Waals surface area contributed by atoms with Gasteiger partial charge in [0.25, 0.3) is 0 Å². The molecular weight excluding hydrogens is 549 g/mol. The van der Waals surface area contributed by atoms with Crippen molar-refractivity contribution in [3.05, 3.63) is 48.7 Å². The highest BCUT2D eigenvalue weighted by atomic mass is 16.6. The third-order valence-corrected chi connectivity index (χ3v) is 7.84. The average molecular weight is 594 g/mol. The number of carbonyl (C=O) groups excluding carboxylic acids is 3. The summed E-state index contributed by atoms with van der Waals surface area (Å²) in [5.41, 5.74) is -1.25. The molecule has 2 aliphatic rings. The van der Waals surface area contributed by atoms with Crippen molar-refractivity contribution in [2.75, 3.05) is 13.2 Å². The lowest BCUT2D eigenvalue weighted by Crippen LogP contribution is -2.57. The van der Waals surface area contributed by atoms with Gasteiger partial charge in [-0.3, -0.25) is 9.59 Å². The molecule has 11 heteroatoms. The van der Waals surface area contributed by atoms with Crippen LogP contribution in [0.1, 0.15) is 67.2 Å². The van der Waals surface area contributed by atoms with Crippen LogP contribution in [0, 0.1) is 5.41 Å². The van der Waals surface area contributed by atoms with Crippen LogP contribution >= 0.6 is 0 Å². The molecule has 43 heavy (non-hydrogen) atoms. The van der Waals surface area contributed by atoms with Crippen LogP contribution in [0.2, 0.25) is 5.82 Å². The van der Waals surface area contributed by atoms with Crippen LogP contribution in [0.15, 0.2) is 48.7 Å². The third kappa shape index (κ3) is 7.94. The Morgan fingerprint density at radius 2 is 1.86 bits per heavy atom. The summed E-state index contributed by atoms with van der Waals surface area (Å²) >= 11 is 0. The first-order chi connectivity index (χ1) is 20.2. The van der Waals surface area contributed by atoms with Crippen LogP contribution in [0.5, 0.6) is 5.88 Å². The molecule has 2 aromatic rings. The molecule has 2 saturated heterocycles. The standard InChI is InChI=1S/C32H44BN3O7/c1-20(24-14-10-11-17-41-33(24)40)26(37)25-18-22(42-28-23-13-9-8-12-21(23)15-16-34-28)19-36(25)29(38)27(31(2,3)4)35-30(39)43-32(5,6)7/h8-9,12-13,15-16,22,24-25,27,40H,1,10-11,14,17-19H2,2-7H3,(H,35,39). The summed E-state index contributed by atoms with van der Waals surface area (Å²) in [6.07, 6.45) is 2.69. The molecular formula is C32H44BN3O7. The van der Waals surface area contributed by atoms with Crippen molar-refractivity contribution in [1.82, 2.24) is 15.2 Å². The number of hydrogen-bond acceptors (Lipinski definition) is 8. The van der Waals surface area contributed by atoms with Gasteiger partial charge in [-0.25, -0.2) is 9.78 Å². The highest BCUT2D eigenvalue weighted by molar-refractivity contribution is 6.47. The van der Waals surface area contributed by atoms with Gasteiger partial charge in [0, 0.05) is 30.4 Å². The minimum absolute atomic E-state index is 0.0969. The summed E-state index contributed by atoms with van der Waals surface area (Å²) in [6, 6.07) is 7.67. The van der Waals surface area contributed by atoms with Crippen LogP contribution in [0.25, 0.3) is 10.8 Å². The molecule has 0 radical (unpaired) electrons. The smallest absolute Gasteiger partial charge is 0.462 e. The lowest BCUT2D eigenvalue weighted by Gasteiger charge is -2.36. The largest absolute Gasteiger partial charge is 0.472 e. The van der Waals surface area contributed by atoms with Crippen molar-refractivity contribution >= 4 is 35.7 Å². The Hall–Kier alpha value is -3.44. The zero-order valence-electron chi connectivity index (χ0n) is 26.1. The predicted octanol–water partition coefficient (Wildman–Crippen LogP) is 4.70. The molecule has 10 nitrogen and oxygen atoms in total. The second-order valence-electron chi connectivity index (χ2n) is 13.5. The normalized spacial score (nSPS) is 22.1. The zero-order chi connectivity index (χ0) is 31.5. The van der Waals surface area contributed by atoms with Crippen LogP contribution in [0.4, 0.5) is 4.79 Å². The lowest BCUT2D eigenvalue weighted by atomic mass is 9.65. The summed E-state index contributed by atoms with van der Waals surface area (Å²) in [4.78, 5) is 47.0. The minimum atomic E-state index is -1.15. The van der Waals surface area contributed by atoms with E-state index in [1.54, 1.807) is 27.0 Å². The van der Waals surface area contributed by atoms with E-state index in [1.807, 2.05) is 51.1 Å². The Labute approximate surface area is 254 Å². The molecule has 1 aromatic carbocycles. The molecule has 2 amide bonds. The molecule has 4 rings (SSSR count). The first kappa shape index (κ1) is 32.5. The van der Waals surface area contributed by atoms with Gasteiger partial charge in [-0.1, -0.05) is 52.0 Å². The van der Waals surface area contributed by atoms with E-state index in [2.05, 4.69) is 16.9 Å². The van der Waals surface area contributed by atoms with Crippen LogP contribution in [-0.4, -0.2) is 76.8 Å².